The molecule has 1 aliphatic rings. The minimum Gasteiger partial charge on any atom is -0.475 e. The van der Waals surface area contributed by atoms with Crippen LogP contribution in [0.5, 0.6) is 0 Å². The zero-order valence-corrected chi connectivity index (χ0v) is 17.0. The largest absolute Gasteiger partial charge is 0.490 e. The number of aromatic nitrogens is 3. The van der Waals surface area contributed by atoms with Gasteiger partial charge in [-0.2, -0.15) is 18.3 Å². The fourth-order valence-corrected chi connectivity index (χ4v) is 3.16. The van der Waals surface area contributed by atoms with Crippen LogP contribution in [0.4, 0.5) is 13.2 Å². The molecule has 1 saturated heterocycles. The number of hydrogen-bond acceptors (Lipinski definition) is 6. The van der Waals surface area contributed by atoms with Crippen molar-refractivity contribution in [1.82, 2.24) is 19.8 Å². The molecule has 0 radical (unpaired) electrons. The maximum atomic E-state index is 13.0. The first-order valence-corrected chi connectivity index (χ1v) is 9.29. The molecule has 2 aromatic rings. The van der Waals surface area contributed by atoms with Gasteiger partial charge in [-0.3, -0.25) is 9.48 Å². The number of alkyl halides is 3. The van der Waals surface area contributed by atoms with Crippen LogP contribution in [0.3, 0.4) is 0 Å². The molecule has 166 valence electrons. The van der Waals surface area contributed by atoms with Crippen LogP contribution >= 0.6 is 11.6 Å². The average Bonchev–Trinajstić information content (AvgIpc) is 3.24. The first-order valence-electron chi connectivity index (χ1n) is 8.91. The Morgan fingerprint density at radius 2 is 2.07 bits per heavy atom. The summed E-state index contributed by atoms with van der Waals surface area (Å²) < 4.78 is 38.3. The first-order chi connectivity index (χ1) is 14.0. The highest BCUT2D eigenvalue weighted by Gasteiger charge is 2.38. The van der Waals surface area contributed by atoms with Crippen LogP contribution in [0.25, 0.3) is 11.4 Å². The summed E-state index contributed by atoms with van der Waals surface area (Å²) in [6, 6.07) is 1.74. The Bertz CT molecular complexity index is 912. The first kappa shape index (κ1) is 23.7. The van der Waals surface area contributed by atoms with E-state index >= 15 is 0 Å². The van der Waals surface area contributed by atoms with Crippen molar-refractivity contribution in [3.8, 4) is 11.4 Å². The number of piperidine rings is 1. The molecule has 1 amide bonds. The Morgan fingerprint density at radius 1 is 1.43 bits per heavy atom. The number of aliphatic carboxylic acids is 1. The molecule has 3 N–H and O–H groups in total. The van der Waals surface area contributed by atoms with Crippen LogP contribution in [0.15, 0.2) is 10.6 Å². The van der Waals surface area contributed by atoms with Crippen LogP contribution in [-0.4, -0.2) is 62.6 Å². The van der Waals surface area contributed by atoms with E-state index in [2.05, 4.69) is 10.3 Å². The molecule has 13 heteroatoms. The van der Waals surface area contributed by atoms with Crippen molar-refractivity contribution in [2.24, 2.45) is 18.7 Å². The summed E-state index contributed by atoms with van der Waals surface area (Å²) in [5, 5.41) is 15.7. The molecule has 0 saturated carbocycles. The van der Waals surface area contributed by atoms with Gasteiger partial charge in [0, 0.05) is 26.2 Å². The molecule has 1 aliphatic heterocycles. The summed E-state index contributed by atoms with van der Waals surface area (Å²) >= 11 is 6.32. The molecular formula is C17H21ClF3N5O4. The number of carbonyl (C=O) groups excluding carboxylic acids is 1. The van der Waals surface area contributed by atoms with Crippen molar-refractivity contribution in [3.63, 3.8) is 0 Å². The van der Waals surface area contributed by atoms with Crippen LogP contribution < -0.4 is 5.73 Å². The number of rotatable bonds is 3. The zero-order valence-electron chi connectivity index (χ0n) is 16.2. The topological polar surface area (TPSA) is 127 Å². The molecular weight excluding hydrogens is 431 g/mol. The number of amides is 1. The molecule has 9 nitrogen and oxygen atoms in total. The number of nitrogens with two attached hydrogens (primary N) is 1. The lowest BCUT2D eigenvalue weighted by atomic mass is 9.97. The number of carboxylic acids is 1. The van der Waals surface area contributed by atoms with Gasteiger partial charge in [0.15, 0.2) is 0 Å². The number of aryl methyl sites for hydroxylation is 2. The number of carboxylic acid groups (broad SMARTS) is 1. The summed E-state index contributed by atoms with van der Waals surface area (Å²) in [7, 11) is 1.70. The van der Waals surface area contributed by atoms with Crippen LogP contribution in [0.1, 0.15) is 29.0 Å². The predicted molar refractivity (Wildman–Crippen MR) is 99.8 cm³/mol. The van der Waals surface area contributed by atoms with Crippen molar-refractivity contribution in [1.29, 1.82) is 0 Å². The number of carbonyl (C=O) groups is 2. The fraction of sp³-hybridized carbons (Fsp3) is 0.529. The van der Waals surface area contributed by atoms with Crippen molar-refractivity contribution >= 4 is 23.5 Å². The second-order valence-electron chi connectivity index (χ2n) is 6.76. The molecule has 0 bridgehead atoms. The highest BCUT2D eigenvalue weighted by molar-refractivity contribution is 6.33. The molecule has 0 aromatic carbocycles. The zero-order chi connectivity index (χ0) is 22.6. The minimum absolute atomic E-state index is 0.128. The lowest BCUT2D eigenvalue weighted by molar-refractivity contribution is -0.192. The van der Waals surface area contributed by atoms with Crippen LogP contribution in [-0.2, 0) is 11.8 Å². The van der Waals surface area contributed by atoms with E-state index < -0.39 is 12.1 Å². The molecule has 30 heavy (non-hydrogen) atoms. The van der Waals surface area contributed by atoms with Crippen molar-refractivity contribution in [2.45, 2.75) is 25.9 Å². The lowest BCUT2D eigenvalue weighted by Gasteiger charge is -2.32. The van der Waals surface area contributed by atoms with Gasteiger partial charge >= 0.3 is 12.1 Å². The highest BCUT2D eigenvalue weighted by Crippen LogP contribution is 2.30. The van der Waals surface area contributed by atoms with Crippen molar-refractivity contribution < 1.29 is 32.4 Å². The number of hydrogen-bond donors (Lipinski definition) is 2. The van der Waals surface area contributed by atoms with Gasteiger partial charge in [0.2, 0.25) is 0 Å². The monoisotopic (exact) mass is 451 g/mol. The van der Waals surface area contributed by atoms with Gasteiger partial charge in [0.25, 0.3) is 5.91 Å². The van der Waals surface area contributed by atoms with Gasteiger partial charge in [-0.1, -0.05) is 16.8 Å². The standard InChI is InChI=1S/C15H20ClN5O2.C2HF3O2/c1-9-6-11(19-23-9)13-12(14(16)20(2)18-13)15(22)21-5-3-4-10(7-17)8-21;3-2(4,5)1(6)7/h6,10H,3-5,7-8,17H2,1-2H3;(H,6,7). The summed E-state index contributed by atoms with van der Waals surface area (Å²) in [5.41, 5.74) is 7.10. The molecule has 0 aliphatic carbocycles. The smallest absolute Gasteiger partial charge is 0.475 e. The summed E-state index contributed by atoms with van der Waals surface area (Å²) in [6.45, 7) is 3.73. The van der Waals surface area contributed by atoms with Gasteiger partial charge in [0.05, 0.1) is 0 Å². The third kappa shape index (κ3) is 5.51. The molecule has 0 spiro atoms. The predicted octanol–water partition coefficient (Wildman–Crippen LogP) is 2.48. The maximum absolute atomic E-state index is 13.0. The van der Waals surface area contributed by atoms with E-state index in [9.17, 15) is 18.0 Å². The van der Waals surface area contributed by atoms with E-state index in [1.807, 2.05) is 0 Å². The van der Waals surface area contributed by atoms with Gasteiger partial charge in [-0.15, -0.1) is 0 Å². The van der Waals surface area contributed by atoms with E-state index in [-0.39, 0.29) is 5.91 Å². The highest BCUT2D eigenvalue weighted by atomic mass is 35.5. The third-order valence-electron chi connectivity index (χ3n) is 4.44. The van der Waals surface area contributed by atoms with E-state index in [0.717, 1.165) is 12.8 Å². The Labute approximate surface area is 174 Å². The normalized spacial score (nSPS) is 16.8. The SMILES string of the molecule is Cc1cc(-c2nn(C)c(Cl)c2C(=O)N2CCCC(CN)C2)no1.O=C(O)C(F)(F)F. The number of halogens is 4. The number of likely N-dealkylation sites (tertiary alicyclic amines) is 1. The van der Waals surface area contributed by atoms with Crippen molar-refractivity contribution in [2.75, 3.05) is 19.6 Å². The molecule has 3 rings (SSSR count). The third-order valence-corrected chi connectivity index (χ3v) is 4.88. The lowest BCUT2D eigenvalue weighted by Crippen LogP contribution is -2.42. The molecule has 1 fully saturated rings. The van der Waals surface area contributed by atoms with Gasteiger partial charge in [-0.25, -0.2) is 4.79 Å². The Kier molecular flexibility index (Phi) is 7.48. The number of nitrogens with zero attached hydrogens (tertiary/aromatic N) is 4. The summed E-state index contributed by atoms with van der Waals surface area (Å²) in [5.74, 6) is -1.90. The maximum Gasteiger partial charge on any atom is 0.490 e. The Morgan fingerprint density at radius 3 is 2.57 bits per heavy atom. The van der Waals surface area contributed by atoms with Gasteiger partial charge < -0.3 is 20.3 Å². The molecule has 3 heterocycles. The fourth-order valence-electron chi connectivity index (χ4n) is 2.95. The minimum atomic E-state index is -5.08. The van der Waals surface area contributed by atoms with E-state index in [0.29, 0.717) is 53.4 Å². The van der Waals surface area contributed by atoms with Gasteiger partial charge in [0.1, 0.15) is 27.9 Å². The summed E-state index contributed by atoms with van der Waals surface area (Å²) in [6.07, 6.45) is -3.08. The molecule has 1 unspecified atom stereocenters. The quantitative estimate of drug-likeness (QED) is 0.733. The summed E-state index contributed by atoms with van der Waals surface area (Å²) in [4.78, 5) is 23.7. The second-order valence-corrected chi connectivity index (χ2v) is 7.12. The van der Waals surface area contributed by atoms with E-state index in [4.69, 9.17) is 31.8 Å². The van der Waals surface area contributed by atoms with Crippen molar-refractivity contribution in [3.05, 3.63) is 22.5 Å². The Balaban J connectivity index is 0.000000396. The second kappa shape index (κ2) is 9.47. The Hall–Kier alpha value is -2.60. The van der Waals surface area contributed by atoms with Crippen LogP contribution in [0.2, 0.25) is 5.15 Å². The molecule has 1 atom stereocenters. The molecule has 2 aromatic heterocycles. The van der Waals surface area contributed by atoms with E-state index in [1.54, 1.807) is 24.9 Å². The van der Waals surface area contributed by atoms with Gasteiger partial charge in [-0.05, 0) is 32.2 Å². The average molecular weight is 452 g/mol. The van der Waals surface area contributed by atoms with Crippen LogP contribution in [0, 0.1) is 12.8 Å². The van der Waals surface area contributed by atoms with E-state index in [1.165, 1.54) is 4.68 Å².